The van der Waals surface area contributed by atoms with Crippen LogP contribution in [0.5, 0.6) is 5.75 Å². The van der Waals surface area contributed by atoms with Gasteiger partial charge in [-0.3, -0.25) is 19.7 Å². The molecule has 43 heavy (non-hydrogen) atoms. The van der Waals surface area contributed by atoms with Gasteiger partial charge in [-0.15, -0.1) is 0 Å². The molecule has 4 rings (SSSR count). The molecule has 1 unspecified atom stereocenters. The van der Waals surface area contributed by atoms with Crippen molar-refractivity contribution in [2.75, 3.05) is 45.2 Å². The number of anilines is 1. The molecule has 1 aromatic heterocycles. The number of benzene rings is 2. The summed E-state index contributed by atoms with van der Waals surface area (Å²) in [5, 5.41) is 16.4. The zero-order valence-electron chi connectivity index (χ0n) is 25.2. The van der Waals surface area contributed by atoms with Crippen LogP contribution in [0.2, 0.25) is 0 Å². The molecule has 3 N–H and O–H groups in total. The number of carbonyl (C=O) groups excluding carboxylic acids is 3. The van der Waals surface area contributed by atoms with Crippen LogP contribution in [-0.4, -0.2) is 83.5 Å². The van der Waals surface area contributed by atoms with Crippen LogP contribution in [-0.2, 0) is 11.3 Å². The fourth-order valence-corrected chi connectivity index (χ4v) is 6.51. The van der Waals surface area contributed by atoms with Gasteiger partial charge in [0, 0.05) is 56.1 Å². The lowest BCUT2D eigenvalue weighted by atomic mass is 9.87. The molecule has 0 aliphatic carbocycles. The van der Waals surface area contributed by atoms with E-state index in [2.05, 4.69) is 36.4 Å². The van der Waals surface area contributed by atoms with E-state index in [0.717, 1.165) is 14.7 Å². The average Bonchev–Trinajstić information content (AvgIpc) is 3.43. The van der Waals surface area contributed by atoms with Gasteiger partial charge in [-0.2, -0.15) is 0 Å². The highest BCUT2D eigenvalue weighted by Gasteiger charge is 2.26. The molecule has 0 bridgehead atoms. The van der Waals surface area contributed by atoms with Crippen LogP contribution >= 0.6 is 23.1 Å². The molecule has 2 aromatic carbocycles. The van der Waals surface area contributed by atoms with Crippen LogP contribution in [0.15, 0.2) is 57.8 Å². The maximum Gasteiger partial charge on any atom is 0.257 e. The number of hydrogen-bond donors (Lipinski definition) is 3. The summed E-state index contributed by atoms with van der Waals surface area (Å²) in [6, 6.07) is 12.8. The summed E-state index contributed by atoms with van der Waals surface area (Å²) in [4.78, 5) is 46.5. The Hall–Kier alpha value is -3.45. The topological polar surface area (TPSA) is 124 Å². The number of amides is 3. The predicted octanol–water partition coefficient (Wildman–Crippen LogP) is 4.36. The Labute approximate surface area is 260 Å². The van der Waals surface area contributed by atoms with Crippen molar-refractivity contribution in [3.8, 4) is 5.75 Å². The van der Waals surface area contributed by atoms with Crippen LogP contribution < -0.4 is 15.4 Å². The maximum atomic E-state index is 13.3. The molecule has 10 nitrogen and oxygen atoms in total. The Kier molecular flexibility index (Phi) is 10.8. The molecule has 1 fully saturated rings. The number of thiazole rings is 1. The van der Waals surface area contributed by atoms with Crippen LogP contribution in [0.3, 0.4) is 0 Å². The Balaban J connectivity index is 1.35. The number of piperazine rings is 1. The quantitative estimate of drug-likeness (QED) is 0.304. The number of aliphatic hydroxyl groups is 1. The molecule has 1 aliphatic rings. The van der Waals surface area contributed by atoms with Gasteiger partial charge in [0.15, 0.2) is 5.13 Å². The Morgan fingerprint density at radius 3 is 2.35 bits per heavy atom. The van der Waals surface area contributed by atoms with Crippen LogP contribution in [0, 0.1) is 5.41 Å². The van der Waals surface area contributed by atoms with Crippen molar-refractivity contribution >= 4 is 46.0 Å². The summed E-state index contributed by atoms with van der Waals surface area (Å²) < 4.78 is 6.32. The molecule has 1 aliphatic heterocycles. The molecule has 230 valence electrons. The van der Waals surface area contributed by atoms with Crippen molar-refractivity contribution in [1.82, 2.24) is 20.1 Å². The molecular weight excluding hydrogens is 587 g/mol. The molecule has 0 saturated carbocycles. The van der Waals surface area contributed by atoms with Gasteiger partial charge in [0.2, 0.25) is 5.91 Å². The second-order valence-corrected chi connectivity index (χ2v) is 13.8. The molecule has 0 spiro atoms. The first-order valence-corrected chi connectivity index (χ1v) is 15.7. The summed E-state index contributed by atoms with van der Waals surface area (Å²) in [6.07, 6.45) is 1.69. The third kappa shape index (κ3) is 8.56. The SMILES string of the molecule is COc1ccc(Sc2cnc(NC(=O)c3ccc(CNC(CO)C(C)(C)C)cc3)s2)cc1C(=O)N1CCN(C(C)=O)CC1. The third-order valence-corrected chi connectivity index (χ3v) is 9.34. The first-order valence-electron chi connectivity index (χ1n) is 14.1. The van der Waals surface area contributed by atoms with Gasteiger partial charge in [-0.05, 0) is 41.3 Å². The van der Waals surface area contributed by atoms with Crippen molar-refractivity contribution < 1.29 is 24.2 Å². The Morgan fingerprint density at radius 1 is 1.07 bits per heavy atom. The van der Waals surface area contributed by atoms with E-state index < -0.39 is 0 Å². The first kappa shape index (κ1) is 32.5. The lowest BCUT2D eigenvalue weighted by Gasteiger charge is -2.34. The molecule has 3 aromatic rings. The number of aromatic nitrogens is 1. The highest BCUT2D eigenvalue weighted by atomic mass is 32.2. The van der Waals surface area contributed by atoms with E-state index in [1.54, 1.807) is 34.2 Å². The van der Waals surface area contributed by atoms with Gasteiger partial charge in [-0.1, -0.05) is 56.0 Å². The van der Waals surface area contributed by atoms with Gasteiger partial charge >= 0.3 is 0 Å². The fourth-order valence-electron chi connectivity index (χ4n) is 4.62. The third-order valence-electron chi connectivity index (χ3n) is 7.33. The van der Waals surface area contributed by atoms with Gasteiger partial charge < -0.3 is 25.0 Å². The summed E-state index contributed by atoms with van der Waals surface area (Å²) >= 11 is 2.79. The lowest BCUT2D eigenvalue weighted by molar-refractivity contribution is -0.130. The Morgan fingerprint density at radius 2 is 1.74 bits per heavy atom. The number of methoxy groups -OCH3 is 1. The second kappa shape index (κ2) is 14.3. The summed E-state index contributed by atoms with van der Waals surface area (Å²) in [7, 11) is 1.54. The van der Waals surface area contributed by atoms with E-state index in [4.69, 9.17) is 4.74 Å². The molecule has 0 radical (unpaired) electrons. The number of nitrogens with one attached hydrogen (secondary N) is 2. The molecule has 12 heteroatoms. The molecule has 3 amide bonds. The number of nitrogens with zero attached hydrogens (tertiary/aromatic N) is 3. The van der Waals surface area contributed by atoms with Crippen LogP contribution in [0.1, 0.15) is 54.0 Å². The summed E-state index contributed by atoms with van der Waals surface area (Å²) in [6.45, 7) is 10.4. The lowest BCUT2D eigenvalue weighted by Crippen LogP contribution is -2.50. The summed E-state index contributed by atoms with van der Waals surface area (Å²) in [5.41, 5.74) is 1.93. The molecule has 2 heterocycles. The van der Waals surface area contributed by atoms with E-state index >= 15 is 0 Å². The minimum atomic E-state index is -0.254. The highest BCUT2D eigenvalue weighted by molar-refractivity contribution is 8.01. The van der Waals surface area contributed by atoms with Crippen molar-refractivity contribution in [2.45, 2.75) is 49.4 Å². The zero-order valence-corrected chi connectivity index (χ0v) is 26.8. The minimum Gasteiger partial charge on any atom is -0.496 e. The standard InChI is InChI=1S/C31H39N5O5S2/c1-20(38)35-12-14-36(15-13-35)29(40)24-16-23(10-11-25(24)41-5)42-27-18-33-30(43-27)34-28(39)22-8-6-21(7-9-22)17-32-26(19-37)31(2,3)4/h6-11,16,18,26,32,37H,12-15,17,19H2,1-5H3,(H,33,34,39). The van der Waals surface area contributed by atoms with Crippen molar-refractivity contribution in [1.29, 1.82) is 0 Å². The number of aliphatic hydroxyl groups excluding tert-OH is 1. The van der Waals surface area contributed by atoms with Gasteiger partial charge in [0.05, 0.1) is 29.7 Å². The maximum absolute atomic E-state index is 13.3. The minimum absolute atomic E-state index is 0.0123. The normalized spacial score (nSPS) is 14.4. The number of carbonyl (C=O) groups is 3. The fraction of sp³-hybridized carbons (Fsp3) is 0.419. The summed E-state index contributed by atoms with van der Waals surface area (Å²) in [5.74, 6) is 0.114. The number of rotatable bonds is 10. The van der Waals surface area contributed by atoms with E-state index in [1.807, 2.05) is 24.3 Å². The molecular formula is C31H39N5O5S2. The zero-order chi connectivity index (χ0) is 31.1. The smallest absolute Gasteiger partial charge is 0.257 e. The second-order valence-electron chi connectivity index (χ2n) is 11.4. The van der Waals surface area contributed by atoms with Gasteiger partial charge in [-0.25, -0.2) is 4.98 Å². The van der Waals surface area contributed by atoms with E-state index in [0.29, 0.717) is 54.7 Å². The van der Waals surface area contributed by atoms with Gasteiger partial charge in [0.25, 0.3) is 11.8 Å². The van der Waals surface area contributed by atoms with Crippen LogP contribution in [0.4, 0.5) is 5.13 Å². The predicted molar refractivity (Wildman–Crippen MR) is 169 cm³/mol. The van der Waals surface area contributed by atoms with Crippen molar-refractivity contribution in [3.05, 3.63) is 65.4 Å². The highest BCUT2D eigenvalue weighted by Crippen LogP contribution is 2.36. The van der Waals surface area contributed by atoms with E-state index in [1.165, 1.54) is 37.1 Å². The molecule has 1 atom stereocenters. The average molecular weight is 626 g/mol. The van der Waals surface area contributed by atoms with E-state index in [9.17, 15) is 19.5 Å². The number of ether oxygens (including phenoxy) is 1. The Bertz CT molecular complexity index is 1430. The van der Waals surface area contributed by atoms with Crippen LogP contribution in [0.25, 0.3) is 0 Å². The van der Waals surface area contributed by atoms with Crippen molar-refractivity contribution in [2.24, 2.45) is 5.41 Å². The largest absolute Gasteiger partial charge is 0.496 e. The monoisotopic (exact) mass is 625 g/mol. The van der Waals surface area contributed by atoms with Gasteiger partial charge in [0.1, 0.15) is 5.75 Å². The molecule has 1 saturated heterocycles. The number of hydrogen-bond acceptors (Lipinski definition) is 9. The van der Waals surface area contributed by atoms with Crippen molar-refractivity contribution in [3.63, 3.8) is 0 Å². The van der Waals surface area contributed by atoms with E-state index in [-0.39, 0.29) is 35.8 Å². The first-order chi connectivity index (χ1) is 20.5.